The van der Waals surface area contributed by atoms with Crippen molar-refractivity contribution in [3.05, 3.63) is 27.1 Å². The van der Waals surface area contributed by atoms with E-state index in [1.54, 1.807) is 4.90 Å². The third kappa shape index (κ3) is 5.20. The second kappa shape index (κ2) is 9.19. The molecule has 0 radical (unpaired) electrons. The SMILES string of the molecule is O=C(CN1CCN(C(=O)Nc2cc(Br)ccc2Br)CC1)N1CCCCC1. The lowest BCUT2D eigenvalue weighted by molar-refractivity contribution is -0.133. The molecule has 142 valence electrons. The van der Waals surface area contributed by atoms with Crippen LogP contribution in [-0.4, -0.2) is 72.5 Å². The number of benzene rings is 1. The van der Waals surface area contributed by atoms with Gasteiger partial charge >= 0.3 is 6.03 Å². The van der Waals surface area contributed by atoms with E-state index >= 15 is 0 Å². The summed E-state index contributed by atoms with van der Waals surface area (Å²) in [6.07, 6.45) is 3.46. The van der Waals surface area contributed by atoms with Crippen LogP contribution in [0.5, 0.6) is 0 Å². The van der Waals surface area contributed by atoms with Gasteiger partial charge in [-0.2, -0.15) is 0 Å². The number of likely N-dealkylation sites (tertiary alicyclic amines) is 1. The van der Waals surface area contributed by atoms with E-state index in [4.69, 9.17) is 0 Å². The largest absolute Gasteiger partial charge is 0.342 e. The highest BCUT2D eigenvalue weighted by molar-refractivity contribution is 9.11. The lowest BCUT2D eigenvalue weighted by atomic mass is 10.1. The third-order valence-corrected chi connectivity index (χ3v) is 6.08. The number of halogens is 2. The van der Waals surface area contributed by atoms with Gasteiger partial charge in [-0.25, -0.2) is 4.79 Å². The molecule has 0 bridgehead atoms. The lowest BCUT2D eigenvalue weighted by Gasteiger charge is -2.36. The van der Waals surface area contributed by atoms with Crippen molar-refractivity contribution in [2.24, 2.45) is 0 Å². The number of hydrogen-bond donors (Lipinski definition) is 1. The second-order valence-corrected chi connectivity index (χ2v) is 8.53. The summed E-state index contributed by atoms with van der Waals surface area (Å²) in [5.74, 6) is 0.223. The molecule has 0 spiro atoms. The number of piperazine rings is 1. The smallest absolute Gasteiger partial charge is 0.321 e. The molecule has 26 heavy (non-hydrogen) atoms. The zero-order valence-electron chi connectivity index (χ0n) is 14.7. The van der Waals surface area contributed by atoms with Crippen molar-refractivity contribution in [3.63, 3.8) is 0 Å². The highest BCUT2D eigenvalue weighted by atomic mass is 79.9. The van der Waals surface area contributed by atoms with Crippen LogP contribution in [0, 0.1) is 0 Å². The van der Waals surface area contributed by atoms with E-state index in [0.29, 0.717) is 19.6 Å². The first-order valence-corrected chi connectivity index (χ1v) is 10.6. The van der Waals surface area contributed by atoms with Crippen molar-refractivity contribution >= 4 is 49.5 Å². The van der Waals surface area contributed by atoms with E-state index in [1.807, 2.05) is 23.1 Å². The Kier molecular flexibility index (Phi) is 6.94. The van der Waals surface area contributed by atoms with Gasteiger partial charge in [-0.05, 0) is 53.4 Å². The zero-order chi connectivity index (χ0) is 18.5. The molecule has 3 rings (SSSR count). The molecule has 0 saturated carbocycles. The van der Waals surface area contributed by atoms with Crippen LogP contribution in [0.25, 0.3) is 0 Å². The van der Waals surface area contributed by atoms with E-state index in [1.165, 1.54) is 6.42 Å². The van der Waals surface area contributed by atoms with Crippen molar-refractivity contribution in [2.45, 2.75) is 19.3 Å². The van der Waals surface area contributed by atoms with Crippen LogP contribution in [0.3, 0.4) is 0 Å². The molecule has 0 aromatic heterocycles. The number of carbonyl (C=O) groups is 2. The Balaban J connectivity index is 1.46. The first kappa shape index (κ1) is 19.6. The first-order valence-electron chi connectivity index (χ1n) is 9.04. The number of piperidine rings is 1. The Morgan fingerprint density at radius 1 is 0.923 bits per heavy atom. The van der Waals surface area contributed by atoms with Crippen LogP contribution in [0.15, 0.2) is 27.1 Å². The molecule has 3 amide bonds. The number of amides is 3. The summed E-state index contributed by atoms with van der Waals surface area (Å²) in [6.45, 7) is 4.97. The number of anilines is 1. The second-order valence-electron chi connectivity index (χ2n) is 6.76. The van der Waals surface area contributed by atoms with Crippen LogP contribution in [0.4, 0.5) is 10.5 Å². The van der Waals surface area contributed by atoms with E-state index in [-0.39, 0.29) is 11.9 Å². The van der Waals surface area contributed by atoms with Crippen LogP contribution in [0.2, 0.25) is 0 Å². The number of rotatable bonds is 3. The van der Waals surface area contributed by atoms with Crippen molar-refractivity contribution in [3.8, 4) is 0 Å². The van der Waals surface area contributed by atoms with Crippen LogP contribution in [0.1, 0.15) is 19.3 Å². The minimum Gasteiger partial charge on any atom is -0.342 e. The minimum atomic E-state index is -0.106. The summed E-state index contributed by atoms with van der Waals surface area (Å²) in [4.78, 5) is 30.8. The van der Waals surface area contributed by atoms with Crippen LogP contribution < -0.4 is 5.32 Å². The van der Waals surface area contributed by atoms with Crippen molar-refractivity contribution in [1.29, 1.82) is 0 Å². The Bertz CT molecular complexity index is 657. The lowest BCUT2D eigenvalue weighted by Crippen LogP contribution is -2.52. The van der Waals surface area contributed by atoms with Crippen molar-refractivity contribution in [2.75, 3.05) is 51.1 Å². The summed E-state index contributed by atoms with van der Waals surface area (Å²) >= 11 is 6.87. The molecule has 1 aromatic rings. The van der Waals surface area contributed by atoms with E-state index < -0.39 is 0 Å². The quantitative estimate of drug-likeness (QED) is 0.711. The third-order valence-electron chi connectivity index (χ3n) is 4.90. The molecule has 1 aromatic carbocycles. The molecule has 6 nitrogen and oxygen atoms in total. The predicted molar refractivity (Wildman–Crippen MR) is 109 cm³/mol. The Hall–Kier alpha value is -1.12. The van der Waals surface area contributed by atoms with Crippen LogP contribution >= 0.6 is 31.9 Å². The number of carbonyl (C=O) groups excluding carboxylic acids is 2. The molecule has 1 N–H and O–H groups in total. The fraction of sp³-hybridized carbons (Fsp3) is 0.556. The molecule has 2 aliphatic heterocycles. The maximum absolute atomic E-state index is 12.5. The molecular formula is C18H24Br2N4O2. The van der Waals surface area contributed by atoms with Gasteiger partial charge in [0.2, 0.25) is 5.91 Å². The van der Waals surface area contributed by atoms with E-state index in [9.17, 15) is 9.59 Å². The molecule has 2 fully saturated rings. The minimum absolute atomic E-state index is 0.106. The summed E-state index contributed by atoms with van der Waals surface area (Å²) in [7, 11) is 0. The van der Waals surface area contributed by atoms with Gasteiger partial charge in [0.05, 0.1) is 12.2 Å². The molecule has 2 aliphatic rings. The molecule has 0 unspecified atom stereocenters. The Labute approximate surface area is 171 Å². The summed E-state index contributed by atoms with van der Waals surface area (Å²) in [5.41, 5.74) is 0.743. The van der Waals surface area contributed by atoms with Gasteiger partial charge in [-0.1, -0.05) is 15.9 Å². The Morgan fingerprint density at radius 3 is 2.31 bits per heavy atom. The van der Waals surface area contributed by atoms with E-state index in [0.717, 1.165) is 53.7 Å². The van der Waals surface area contributed by atoms with Gasteiger partial charge in [0.1, 0.15) is 0 Å². The van der Waals surface area contributed by atoms with Gasteiger partial charge in [0.25, 0.3) is 0 Å². The molecule has 2 heterocycles. The molecule has 8 heteroatoms. The van der Waals surface area contributed by atoms with Gasteiger partial charge in [-0.15, -0.1) is 0 Å². The average Bonchev–Trinajstić information content (AvgIpc) is 2.66. The number of urea groups is 1. The highest BCUT2D eigenvalue weighted by Gasteiger charge is 2.25. The molecular weight excluding hydrogens is 464 g/mol. The summed E-state index contributed by atoms with van der Waals surface area (Å²) in [5, 5.41) is 2.94. The summed E-state index contributed by atoms with van der Waals surface area (Å²) in [6, 6.07) is 5.57. The van der Waals surface area contributed by atoms with Crippen LogP contribution in [-0.2, 0) is 4.79 Å². The monoisotopic (exact) mass is 486 g/mol. The standard InChI is InChI=1S/C18H24Br2N4O2/c19-14-4-5-15(20)16(12-14)21-18(26)24-10-8-22(9-11-24)13-17(25)23-6-2-1-3-7-23/h4-5,12H,1-3,6-11,13H2,(H,21,26). The normalized spacial score (nSPS) is 18.7. The zero-order valence-corrected chi connectivity index (χ0v) is 17.9. The molecule has 0 aliphatic carbocycles. The molecule has 2 saturated heterocycles. The van der Waals surface area contributed by atoms with Gasteiger partial charge in [0, 0.05) is 48.2 Å². The van der Waals surface area contributed by atoms with E-state index in [2.05, 4.69) is 42.1 Å². The topological polar surface area (TPSA) is 55.9 Å². The predicted octanol–water partition coefficient (Wildman–Crippen LogP) is 3.37. The summed E-state index contributed by atoms with van der Waals surface area (Å²) < 4.78 is 1.76. The number of nitrogens with one attached hydrogen (secondary N) is 1. The Morgan fingerprint density at radius 2 is 1.62 bits per heavy atom. The number of nitrogens with zero attached hydrogens (tertiary/aromatic N) is 3. The van der Waals surface area contributed by atoms with Gasteiger partial charge in [-0.3, -0.25) is 9.69 Å². The molecule has 0 atom stereocenters. The number of hydrogen-bond acceptors (Lipinski definition) is 3. The highest BCUT2D eigenvalue weighted by Crippen LogP contribution is 2.26. The van der Waals surface area contributed by atoms with Crippen molar-refractivity contribution < 1.29 is 9.59 Å². The first-order chi connectivity index (χ1) is 12.5. The van der Waals surface area contributed by atoms with Gasteiger partial charge in [0.15, 0.2) is 0 Å². The van der Waals surface area contributed by atoms with Gasteiger partial charge < -0.3 is 15.1 Å². The maximum atomic E-state index is 12.5. The van der Waals surface area contributed by atoms with Crippen molar-refractivity contribution in [1.82, 2.24) is 14.7 Å². The fourth-order valence-electron chi connectivity index (χ4n) is 3.33. The maximum Gasteiger partial charge on any atom is 0.321 e. The average molecular weight is 488 g/mol. The fourth-order valence-corrected chi connectivity index (χ4v) is 4.04.